The van der Waals surface area contributed by atoms with Gasteiger partial charge in [-0.2, -0.15) is 4.80 Å². The Morgan fingerprint density at radius 3 is 2.69 bits per heavy atom. The minimum atomic E-state index is -0.240. The van der Waals surface area contributed by atoms with Gasteiger partial charge in [0.1, 0.15) is 16.8 Å². The highest BCUT2D eigenvalue weighted by molar-refractivity contribution is 6.02. The summed E-state index contributed by atoms with van der Waals surface area (Å²) in [5, 5.41) is 11.9. The van der Waals surface area contributed by atoms with E-state index in [1.807, 2.05) is 30.3 Å². The highest BCUT2D eigenvalue weighted by Gasteiger charge is 2.07. The smallest absolute Gasteiger partial charge is 0.248 e. The number of fused-ring (bicyclic) bond motifs is 1. The van der Waals surface area contributed by atoms with Gasteiger partial charge < -0.3 is 9.73 Å². The number of rotatable bonds is 7. The maximum atomic E-state index is 12.1. The molecule has 0 saturated heterocycles. The van der Waals surface area contributed by atoms with E-state index in [4.69, 9.17) is 4.42 Å². The molecule has 0 aliphatic heterocycles. The van der Waals surface area contributed by atoms with Crippen molar-refractivity contribution in [3.8, 4) is 5.69 Å². The summed E-state index contributed by atoms with van der Waals surface area (Å²) in [6.07, 6.45) is 8.07. The van der Waals surface area contributed by atoms with E-state index >= 15 is 0 Å². The predicted molar refractivity (Wildman–Crippen MR) is 114 cm³/mol. The first kappa shape index (κ1) is 18.7. The maximum absolute atomic E-state index is 12.1. The normalized spacial score (nSPS) is 11.3. The average molecular weight is 386 g/mol. The predicted octanol–water partition coefficient (Wildman–Crippen LogP) is 5.01. The third-order valence-electron chi connectivity index (χ3n) is 4.58. The van der Waals surface area contributed by atoms with Gasteiger partial charge in [0.25, 0.3) is 0 Å². The van der Waals surface area contributed by atoms with Gasteiger partial charge in [-0.15, -0.1) is 10.2 Å². The Kier molecular flexibility index (Phi) is 5.52. The van der Waals surface area contributed by atoms with Crippen LogP contribution in [0.4, 0.5) is 5.69 Å². The number of unbranched alkanes of at least 4 members (excludes halogenated alkanes) is 1. The highest BCUT2D eigenvalue weighted by atomic mass is 16.3. The fourth-order valence-electron chi connectivity index (χ4n) is 3.01. The van der Waals surface area contributed by atoms with Gasteiger partial charge in [0.05, 0.1) is 12.0 Å². The molecule has 0 radical (unpaired) electrons. The van der Waals surface area contributed by atoms with Crippen LogP contribution >= 0.6 is 0 Å². The Labute approximate surface area is 168 Å². The minimum absolute atomic E-state index is 0.240. The second kappa shape index (κ2) is 8.56. The second-order valence-corrected chi connectivity index (χ2v) is 6.80. The summed E-state index contributed by atoms with van der Waals surface area (Å²) >= 11 is 0. The molecule has 4 aromatic rings. The fraction of sp³-hybridized carbons (Fsp3) is 0.174. The molecule has 1 amide bonds. The van der Waals surface area contributed by atoms with Gasteiger partial charge in [0.15, 0.2) is 0 Å². The van der Waals surface area contributed by atoms with Crippen LogP contribution in [0.5, 0.6) is 0 Å². The molecule has 0 atom stereocenters. The zero-order valence-electron chi connectivity index (χ0n) is 16.2. The number of nitrogens with zero attached hydrogens (tertiary/aromatic N) is 3. The highest BCUT2D eigenvalue weighted by Crippen LogP contribution is 2.18. The van der Waals surface area contributed by atoms with Crippen molar-refractivity contribution in [3.05, 3.63) is 78.3 Å². The molecule has 2 aromatic carbocycles. The van der Waals surface area contributed by atoms with Crippen LogP contribution in [0, 0.1) is 0 Å². The molecule has 0 bridgehead atoms. The van der Waals surface area contributed by atoms with E-state index in [1.165, 1.54) is 24.5 Å². The quantitative estimate of drug-likeness (QED) is 0.453. The SMILES string of the molecule is CCCCc1ccc(-n2nc3ccc(NC(=O)/C=C/c4ccco4)cc3n2)cc1. The standard InChI is InChI=1S/C23H22N4O2/c1-2-3-5-17-7-10-19(11-8-17)27-25-21-13-9-18(16-22(21)26-27)24-23(28)14-12-20-6-4-15-29-20/h4,6-16H,2-3,5H2,1H3,(H,24,28)/b14-12+. The molecule has 6 heteroatoms. The van der Waals surface area contributed by atoms with E-state index in [-0.39, 0.29) is 5.91 Å². The van der Waals surface area contributed by atoms with Crippen LogP contribution in [0.25, 0.3) is 22.8 Å². The van der Waals surface area contributed by atoms with Crippen LogP contribution in [-0.2, 0) is 11.2 Å². The molecule has 0 spiro atoms. The largest absolute Gasteiger partial charge is 0.465 e. The zero-order chi connectivity index (χ0) is 20.1. The van der Waals surface area contributed by atoms with E-state index in [0.717, 1.165) is 17.6 Å². The molecule has 0 saturated carbocycles. The number of carbonyl (C=O) groups excluding carboxylic acids is 1. The lowest BCUT2D eigenvalue weighted by molar-refractivity contribution is -0.111. The molecule has 4 rings (SSSR count). The zero-order valence-corrected chi connectivity index (χ0v) is 16.2. The Morgan fingerprint density at radius 1 is 1.10 bits per heavy atom. The maximum Gasteiger partial charge on any atom is 0.248 e. The average Bonchev–Trinajstić information content (AvgIpc) is 3.40. The monoisotopic (exact) mass is 386 g/mol. The molecule has 2 aromatic heterocycles. The molecule has 146 valence electrons. The first-order chi connectivity index (χ1) is 14.2. The number of amides is 1. The summed E-state index contributed by atoms with van der Waals surface area (Å²) < 4.78 is 5.18. The number of carbonyl (C=O) groups is 1. The van der Waals surface area contributed by atoms with Crippen molar-refractivity contribution in [2.75, 3.05) is 5.32 Å². The summed E-state index contributed by atoms with van der Waals surface area (Å²) in [7, 11) is 0. The Morgan fingerprint density at radius 2 is 1.93 bits per heavy atom. The van der Waals surface area contributed by atoms with E-state index in [0.29, 0.717) is 17.0 Å². The first-order valence-corrected chi connectivity index (χ1v) is 9.70. The van der Waals surface area contributed by atoms with E-state index in [9.17, 15) is 4.79 Å². The molecule has 1 N–H and O–H groups in total. The van der Waals surface area contributed by atoms with Crippen molar-refractivity contribution in [1.29, 1.82) is 0 Å². The third-order valence-corrected chi connectivity index (χ3v) is 4.58. The van der Waals surface area contributed by atoms with Crippen molar-refractivity contribution >= 4 is 28.7 Å². The number of hydrogen-bond acceptors (Lipinski definition) is 4. The summed E-state index contributed by atoms with van der Waals surface area (Å²) in [6.45, 7) is 2.19. The summed E-state index contributed by atoms with van der Waals surface area (Å²) in [5.41, 5.74) is 4.37. The first-order valence-electron chi connectivity index (χ1n) is 9.70. The lowest BCUT2D eigenvalue weighted by Gasteiger charge is -2.02. The van der Waals surface area contributed by atoms with Crippen molar-refractivity contribution in [3.63, 3.8) is 0 Å². The molecule has 0 fully saturated rings. The van der Waals surface area contributed by atoms with Crippen LogP contribution in [-0.4, -0.2) is 20.9 Å². The van der Waals surface area contributed by atoms with Crippen molar-refractivity contribution in [2.24, 2.45) is 0 Å². The topological polar surface area (TPSA) is 73.0 Å². The number of aromatic nitrogens is 3. The molecule has 2 heterocycles. The minimum Gasteiger partial charge on any atom is -0.465 e. The second-order valence-electron chi connectivity index (χ2n) is 6.80. The number of hydrogen-bond donors (Lipinski definition) is 1. The van der Waals surface area contributed by atoms with Gasteiger partial charge in [0, 0.05) is 11.8 Å². The molecule has 6 nitrogen and oxygen atoms in total. The fourth-order valence-corrected chi connectivity index (χ4v) is 3.01. The number of benzene rings is 2. The molecule has 0 aliphatic rings. The Balaban J connectivity index is 1.48. The van der Waals surface area contributed by atoms with Crippen molar-refractivity contribution in [2.45, 2.75) is 26.2 Å². The Bertz CT molecular complexity index is 1130. The van der Waals surface area contributed by atoms with Crippen LogP contribution < -0.4 is 5.32 Å². The van der Waals surface area contributed by atoms with E-state index in [2.05, 4.69) is 34.6 Å². The van der Waals surface area contributed by atoms with Crippen LogP contribution in [0.3, 0.4) is 0 Å². The van der Waals surface area contributed by atoms with Crippen LogP contribution in [0.2, 0.25) is 0 Å². The van der Waals surface area contributed by atoms with Crippen molar-refractivity contribution < 1.29 is 9.21 Å². The number of aryl methyl sites for hydroxylation is 1. The van der Waals surface area contributed by atoms with Crippen LogP contribution in [0.1, 0.15) is 31.1 Å². The lowest BCUT2D eigenvalue weighted by atomic mass is 10.1. The summed E-state index contributed by atoms with van der Waals surface area (Å²) in [5.74, 6) is 0.384. The summed E-state index contributed by atoms with van der Waals surface area (Å²) in [6, 6.07) is 17.3. The van der Waals surface area contributed by atoms with E-state index in [1.54, 1.807) is 29.3 Å². The third kappa shape index (κ3) is 4.60. The molecular formula is C23H22N4O2. The molecule has 29 heavy (non-hydrogen) atoms. The van der Waals surface area contributed by atoms with Crippen molar-refractivity contribution in [1.82, 2.24) is 15.0 Å². The molecular weight excluding hydrogens is 364 g/mol. The number of nitrogens with one attached hydrogen (secondary N) is 1. The number of furan rings is 1. The van der Waals surface area contributed by atoms with Gasteiger partial charge in [-0.1, -0.05) is 25.5 Å². The van der Waals surface area contributed by atoms with Gasteiger partial charge >= 0.3 is 0 Å². The lowest BCUT2D eigenvalue weighted by Crippen LogP contribution is -2.07. The Hall–Kier alpha value is -3.67. The molecule has 0 aliphatic carbocycles. The summed E-state index contributed by atoms with van der Waals surface area (Å²) in [4.78, 5) is 13.7. The van der Waals surface area contributed by atoms with E-state index < -0.39 is 0 Å². The van der Waals surface area contributed by atoms with Gasteiger partial charge in [-0.25, -0.2) is 0 Å². The van der Waals surface area contributed by atoms with Gasteiger partial charge in [-0.05, 0) is 66.9 Å². The number of anilines is 1. The van der Waals surface area contributed by atoms with Gasteiger partial charge in [-0.3, -0.25) is 4.79 Å². The van der Waals surface area contributed by atoms with Crippen LogP contribution in [0.15, 0.2) is 71.4 Å². The van der Waals surface area contributed by atoms with Gasteiger partial charge in [0.2, 0.25) is 5.91 Å². The molecule has 0 unspecified atom stereocenters.